The first kappa shape index (κ1) is 14.3. The van der Waals surface area contributed by atoms with Gasteiger partial charge in [0.05, 0.1) is 31.2 Å². The number of aliphatic hydroxyl groups excluding tert-OH is 1. The lowest BCUT2D eigenvalue weighted by Crippen LogP contribution is -3.16. The van der Waals surface area contributed by atoms with Crippen LogP contribution in [0.3, 0.4) is 0 Å². The van der Waals surface area contributed by atoms with Crippen molar-refractivity contribution in [2.75, 3.05) is 24.6 Å². The summed E-state index contributed by atoms with van der Waals surface area (Å²) >= 11 is 0. The highest BCUT2D eigenvalue weighted by Gasteiger charge is 2.69. The summed E-state index contributed by atoms with van der Waals surface area (Å²) in [6.07, 6.45) is 7.10. The molecule has 2 N–H and O–H groups in total. The van der Waals surface area contributed by atoms with E-state index in [9.17, 15) is 9.90 Å². The van der Waals surface area contributed by atoms with Crippen LogP contribution in [-0.4, -0.2) is 42.8 Å². The highest BCUT2D eigenvalue weighted by atomic mass is 16.2. The van der Waals surface area contributed by atoms with Gasteiger partial charge in [-0.15, -0.1) is 0 Å². The van der Waals surface area contributed by atoms with Crippen molar-refractivity contribution in [1.82, 2.24) is 0 Å². The smallest absolute Gasteiger partial charge is 0.231 e. The van der Waals surface area contributed by atoms with Crippen LogP contribution in [0.15, 0.2) is 47.6 Å². The molecule has 3 fully saturated rings. The third kappa shape index (κ3) is 1.50. The minimum Gasteiger partial charge on any atom is -0.392 e. The molecule has 2 bridgehead atoms. The molecule has 6 rings (SSSR count). The number of piperidine rings is 1. The molecule has 1 saturated carbocycles. The number of hydrogen-bond acceptors (Lipinski definition) is 2. The number of hydrogen-bond donors (Lipinski definition) is 2. The molecule has 25 heavy (non-hydrogen) atoms. The third-order valence-corrected chi connectivity index (χ3v) is 7.59. The molecular formula is C21H23N2O2+. The first-order valence-electron chi connectivity index (χ1n) is 9.51. The predicted octanol–water partition coefficient (Wildman–Crippen LogP) is 0.579. The van der Waals surface area contributed by atoms with Gasteiger partial charge < -0.3 is 14.9 Å². The van der Waals surface area contributed by atoms with E-state index in [-0.39, 0.29) is 24.0 Å². The third-order valence-electron chi connectivity index (χ3n) is 7.59. The molecule has 2 saturated heterocycles. The predicted molar refractivity (Wildman–Crippen MR) is 94.5 cm³/mol. The number of aliphatic hydroxyl groups is 1. The number of para-hydroxylation sites is 1. The normalized spacial score (nSPS) is 41.6. The monoisotopic (exact) mass is 335 g/mol. The zero-order valence-electron chi connectivity index (χ0n) is 14.2. The number of anilines is 1. The van der Waals surface area contributed by atoms with Gasteiger partial charge in [-0.1, -0.05) is 30.4 Å². The van der Waals surface area contributed by atoms with Crippen molar-refractivity contribution >= 4 is 11.6 Å². The lowest BCUT2D eigenvalue weighted by molar-refractivity contribution is -0.915. The van der Waals surface area contributed by atoms with E-state index in [1.54, 1.807) is 4.90 Å². The fourth-order valence-electron chi connectivity index (χ4n) is 6.84. The molecular weight excluding hydrogens is 312 g/mol. The Morgan fingerprint density at radius 2 is 2.24 bits per heavy atom. The van der Waals surface area contributed by atoms with Gasteiger partial charge in [0.25, 0.3) is 0 Å². The Kier molecular flexibility index (Phi) is 2.64. The van der Waals surface area contributed by atoms with Crippen molar-refractivity contribution < 1.29 is 14.8 Å². The Bertz CT molecular complexity index is 857. The lowest BCUT2D eigenvalue weighted by atomic mass is 9.57. The molecule has 1 aliphatic carbocycles. The fraction of sp³-hybridized carbons (Fsp3) is 0.476. The maximum Gasteiger partial charge on any atom is 0.231 e. The van der Waals surface area contributed by atoms with Crippen LogP contribution >= 0.6 is 0 Å². The topological polar surface area (TPSA) is 45.0 Å². The molecule has 1 unspecified atom stereocenters. The van der Waals surface area contributed by atoms with Crippen molar-refractivity contribution in [3.05, 3.63) is 53.1 Å². The Hall–Kier alpha value is -1.91. The van der Waals surface area contributed by atoms with Crippen LogP contribution in [0, 0.1) is 5.92 Å². The van der Waals surface area contributed by atoms with E-state index < -0.39 is 0 Å². The van der Waals surface area contributed by atoms with E-state index >= 15 is 0 Å². The second-order valence-corrected chi connectivity index (χ2v) is 8.27. The van der Waals surface area contributed by atoms with Crippen LogP contribution < -0.4 is 9.80 Å². The summed E-state index contributed by atoms with van der Waals surface area (Å²) in [5.74, 6) is 0.668. The van der Waals surface area contributed by atoms with Crippen molar-refractivity contribution in [2.24, 2.45) is 5.92 Å². The molecule has 0 radical (unpaired) electrons. The number of carbonyl (C=O) groups excluding carboxylic acids is 1. The number of quaternary nitrogens is 1. The van der Waals surface area contributed by atoms with Crippen LogP contribution in [0.25, 0.3) is 0 Å². The first-order chi connectivity index (χ1) is 12.3. The van der Waals surface area contributed by atoms with E-state index in [2.05, 4.69) is 35.2 Å². The Morgan fingerprint density at radius 1 is 1.36 bits per heavy atom. The van der Waals surface area contributed by atoms with E-state index in [0.29, 0.717) is 18.4 Å². The standard InChI is InChI=1S/C21H22N2O2/c24-10-7-13-12-22-9-8-21-16-3-1-2-4-17(16)23-19(25)6-5-14(20(21)23)15(13)11-18(21)22/h1-5,7,15,18,20,24H,6,8-12H2/p+1/b13-7-/t15-,18-,20-,21+/m0/s1. The van der Waals surface area contributed by atoms with Gasteiger partial charge in [-0.25, -0.2) is 0 Å². The van der Waals surface area contributed by atoms with Crippen molar-refractivity contribution in [2.45, 2.75) is 36.8 Å². The van der Waals surface area contributed by atoms with Crippen molar-refractivity contribution in [1.29, 1.82) is 0 Å². The molecule has 5 atom stereocenters. The van der Waals surface area contributed by atoms with E-state index in [1.807, 2.05) is 6.08 Å². The molecule has 1 spiro atoms. The summed E-state index contributed by atoms with van der Waals surface area (Å²) in [6.45, 7) is 2.34. The van der Waals surface area contributed by atoms with Crippen LogP contribution in [0.4, 0.5) is 5.69 Å². The first-order valence-corrected chi connectivity index (χ1v) is 9.51. The molecule has 1 aromatic carbocycles. The summed E-state index contributed by atoms with van der Waals surface area (Å²) in [5, 5.41) is 9.51. The van der Waals surface area contributed by atoms with E-state index in [1.165, 1.54) is 29.7 Å². The number of nitrogens with zero attached hydrogens (tertiary/aromatic N) is 1. The summed E-state index contributed by atoms with van der Waals surface area (Å²) in [4.78, 5) is 16.7. The Morgan fingerprint density at radius 3 is 3.12 bits per heavy atom. The largest absolute Gasteiger partial charge is 0.392 e. The molecule has 4 heterocycles. The maximum atomic E-state index is 12.9. The number of fused-ring (bicyclic) bond motifs is 4. The Balaban J connectivity index is 1.64. The lowest BCUT2D eigenvalue weighted by Gasteiger charge is -2.52. The van der Waals surface area contributed by atoms with Gasteiger partial charge in [-0.2, -0.15) is 0 Å². The zero-order chi connectivity index (χ0) is 16.8. The van der Waals surface area contributed by atoms with Crippen LogP contribution in [-0.2, 0) is 10.2 Å². The number of nitrogens with one attached hydrogen (secondary N) is 1. The minimum atomic E-state index is 0.106. The van der Waals surface area contributed by atoms with E-state index in [0.717, 1.165) is 18.7 Å². The average Bonchev–Trinajstić information content (AvgIpc) is 3.17. The summed E-state index contributed by atoms with van der Waals surface area (Å²) in [7, 11) is 0. The molecule has 4 aliphatic heterocycles. The summed E-state index contributed by atoms with van der Waals surface area (Å²) in [5.41, 5.74) is 5.52. The quantitative estimate of drug-likeness (QED) is 0.738. The summed E-state index contributed by atoms with van der Waals surface area (Å²) in [6, 6.07) is 9.43. The number of rotatable bonds is 1. The van der Waals surface area contributed by atoms with Crippen molar-refractivity contribution in [3.8, 4) is 0 Å². The number of amides is 1. The van der Waals surface area contributed by atoms with Gasteiger partial charge in [-0.05, 0) is 22.8 Å². The molecule has 0 aromatic heterocycles. The van der Waals surface area contributed by atoms with Gasteiger partial charge in [-0.3, -0.25) is 4.79 Å². The van der Waals surface area contributed by atoms with Gasteiger partial charge in [0.1, 0.15) is 6.04 Å². The highest BCUT2D eigenvalue weighted by molar-refractivity contribution is 6.00. The zero-order valence-corrected chi connectivity index (χ0v) is 14.2. The molecule has 128 valence electrons. The van der Waals surface area contributed by atoms with Crippen LogP contribution in [0.1, 0.15) is 24.8 Å². The number of carbonyl (C=O) groups is 1. The SMILES string of the molecule is O=C1CC=C2[C@H]3C[C@@H]4[NH+](CC[C@@]45c4ccccc4N1[C@@H]25)C/C3=C/CO. The second kappa shape index (κ2) is 4.63. The molecule has 1 aromatic rings. The Labute approximate surface area is 147 Å². The number of benzene rings is 1. The molecule has 5 aliphatic rings. The maximum absolute atomic E-state index is 12.9. The average molecular weight is 335 g/mol. The van der Waals surface area contributed by atoms with Gasteiger partial charge in [0.2, 0.25) is 5.91 Å². The van der Waals surface area contributed by atoms with Crippen LogP contribution in [0.5, 0.6) is 0 Å². The molecule has 1 amide bonds. The molecule has 4 nitrogen and oxygen atoms in total. The highest BCUT2D eigenvalue weighted by Crippen LogP contribution is 2.60. The van der Waals surface area contributed by atoms with Gasteiger partial charge in [0, 0.05) is 30.9 Å². The minimum absolute atomic E-state index is 0.106. The second-order valence-electron chi connectivity index (χ2n) is 8.27. The van der Waals surface area contributed by atoms with E-state index in [4.69, 9.17) is 0 Å². The molecule has 4 heteroatoms. The summed E-state index contributed by atoms with van der Waals surface area (Å²) < 4.78 is 0. The van der Waals surface area contributed by atoms with Crippen LogP contribution in [0.2, 0.25) is 0 Å². The van der Waals surface area contributed by atoms with Gasteiger partial charge in [0.15, 0.2) is 0 Å². The fourth-order valence-corrected chi connectivity index (χ4v) is 6.84. The van der Waals surface area contributed by atoms with Crippen molar-refractivity contribution in [3.63, 3.8) is 0 Å². The van der Waals surface area contributed by atoms with Gasteiger partial charge >= 0.3 is 0 Å².